The fourth-order valence-electron chi connectivity index (χ4n) is 1.93. The summed E-state index contributed by atoms with van der Waals surface area (Å²) in [7, 11) is 0. The predicted octanol–water partition coefficient (Wildman–Crippen LogP) is 1.89. The van der Waals surface area contributed by atoms with E-state index in [0.717, 1.165) is 10.9 Å². The van der Waals surface area contributed by atoms with Gasteiger partial charge in [-0.25, -0.2) is 0 Å². The highest BCUT2D eigenvalue weighted by atomic mass is 16.4. The minimum atomic E-state index is -0.978. The van der Waals surface area contributed by atoms with Crippen LogP contribution in [0.4, 0.5) is 0 Å². The number of rotatable bonds is 4. The summed E-state index contributed by atoms with van der Waals surface area (Å²) in [6, 6.07) is 10.6. The Bertz CT molecular complexity index is 609. The predicted molar refractivity (Wildman–Crippen MR) is 70.6 cm³/mol. The summed E-state index contributed by atoms with van der Waals surface area (Å²) in [5.74, 6) is -1.25. The molecule has 1 heterocycles. The van der Waals surface area contributed by atoms with E-state index >= 15 is 0 Å². The van der Waals surface area contributed by atoms with Gasteiger partial charge in [0, 0.05) is 12.3 Å². The van der Waals surface area contributed by atoms with Gasteiger partial charge in [0.2, 0.25) is 5.91 Å². The van der Waals surface area contributed by atoms with E-state index in [0.29, 0.717) is 5.69 Å². The molecule has 0 aliphatic rings. The number of aromatic nitrogens is 1. The number of fused-ring (bicyclic) bond motifs is 1. The fourth-order valence-corrected chi connectivity index (χ4v) is 1.93. The van der Waals surface area contributed by atoms with Gasteiger partial charge in [0.25, 0.3) is 0 Å². The number of carboxylic acid groups (broad SMARTS) is 1. The van der Waals surface area contributed by atoms with Gasteiger partial charge in [-0.15, -0.1) is 0 Å². The monoisotopic (exact) mass is 258 g/mol. The number of aliphatic carboxylic acids is 1. The number of para-hydroxylation sites is 1. The summed E-state index contributed by atoms with van der Waals surface area (Å²) >= 11 is 0. The highest BCUT2D eigenvalue weighted by Crippen LogP contribution is 2.19. The standard InChI is InChI=1S/C14H14N2O3/c1-9(17)15-13(8-14(18)19)12-7-6-10-4-2-3-5-11(10)16-12/h2-7,13H,8H2,1H3,(H,15,17)(H,18,19)/t13-/m1/s1. The quantitative estimate of drug-likeness (QED) is 0.877. The van der Waals surface area contributed by atoms with Crippen molar-refractivity contribution >= 4 is 22.8 Å². The minimum Gasteiger partial charge on any atom is -0.481 e. The van der Waals surface area contributed by atoms with E-state index in [1.165, 1.54) is 6.92 Å². The number of hydrogen-bond acceptors (Lipinski definition) is 3. The molecule has 5 heteroatoms. The second kappa shape index (κ2) is 5.48. The molecule has 0 saturated carbocycles. The third kappa shape index (κ3) is 3.28. The van der Waals surface area contributed by atoms with Crippen LogP contribution in [0.2, 0.25) is 0 Å². The maximum atomic E-state index is 11.1. The third-order valence-electron chi connectivity index (χ3n) is 2.73. The summed E-state index contributed by atoms with van der Waals surface area (Å²) in [4.78, 5) is 26.4. The lowest BCUT2D eigenvalue weighted by Crippen LogP contribution is -2.28. The Morgan fingerprint density at radius 2 is 2.00 bits per heavy atom. The van der Waals surface area contributed by atoms with Crippen LogP contribution >= 0.6 is 0 Å². The topological polar surface area (TPSA) is 79.3 Å². The molecule has 1 aromatic carbocycles. The van der Waals surface area contributed by atoms with Gasteiger partial charge in [-0.3, -0.25) is 14.6 Å². The van der Waals surface area contributed by atoms with E-state index < -0.39 is 12.0 Å². The molecule has 5 nitrogen and oxygen atoms in total. The Kier molecular flexibility index (Phi) is 3.75. The molecule has 2 aromatic rings. The number of amides is 1. The van der Waals surface area contributed by atoms with Crippen LogP contribution in [0.15, 0.2) is 36.4 Å². The molecule has 19 heavy (non-hydrogen) atoms. The van der Waals surface area contributed by atoms with Gasteiger partial charge in [0.05, 0.1) is 23.7 Å². The van der Waals surface area contributed by atoms with E-state index in [-0.39, 0.29) is 12.3 Å². The van der Waals surface area contributed by atoms with Crippen molar-refractivity contribution in [3.63, 3.8) is 0 Å². The van der Waals surface area contributed by atoms with Gasteiger partial charge >= 0.3 is 5.97 Å². The van der Waals surface area contributed by atoms with Crippen LogP contribution in [0.3, 0.4) is 0 Å². The maximum Gasteiger partial charge on any atom is 0.305 e. The normalized spacial score (nSPS) is 12.1. The molecule has 0 bridgehead atoms. The molecular weight excluding hydrogens is 244 g/mol. The van der Waals surface area contributed by atoms with Gasteiger partial charge in [-0.05, 0) is 12.1 Å². The van der Waals surface area contributed by atoms with Crippen molar-refractivity contribution < 1.29 is 14.7 Å². The molecule has 0 aliphatic carbocycles. The zero-order valence-corrected chi connectivity index (χ0v) is 10.5. The summed E-state index contributed by atoms with van der Waals surface area (Å²) in [6.45, 7) is 1.36. The lowest BCUT2D eigenvalue weighted by molar-refractivity contribution is -0.137. The number of carbonyl (C=O) groups is 2. The largest absolute Gasteiger partial charge is 0.481 e. The van der Waals surface area contributed by atoms with E-state index in [1.807, 2.05) is 30.3 Å². The zero-order valence-electron chi connectivity index (χ0n) is 10.5. The molecule has 0 saturated heterocycles. The second-order valence-corrected chi connectivity index (χ2v) is 4.28. The number of pyridine rings is 1. The van der Waals surface area contributed by atoms with E-state index in [9.17, 15) is 9.59 Å². The average Bonchev–Trinajstić information content (AvgIpc) is 2.36. The van der Waals surface area contributed by atoms with Crippen LogP contribution in [-0.2, 0) is 9.59 Å². The first kappa shape index (κ1) is 13.0. The second-order valence-electron chi connectivity index (χ2n) is 4.28. The van der Waals surface area contributed by atoms with Gasteiger partial charge in [0.15, 0.2) is 0 Å². The van der Waals surface area contributed by atoms with Gasteiger partial charge < -0.3 is 10.4 Å². The molecule has 2 N–H and O–H groups in total. The molecule has 0 radical (unpaired) electrons. The maximum absolute atomic E-state index is 11.1. The van der Waals surface area contributed by atoms with Crippen molar-refractivity contribution in [1.82, 2.24) is 10.3 Å². The summed E-state index contributed by atoms with van der Waals surface area (Å²) in [5, 5.41) is 12.5. The number of nitrogens with zero attached hydrogens (tertiary/aromatic N) is 1. The average molecular weight is 258 g/mol. The van der Waals surface area contributed by atoms with Gasteiger partial charge in [-0.2, -0.15) is 0 Å². The van der Waals surface area contributed by atoms with Crippen molar-refractivity contribution in [3.05, 3.63) is 42.1 Å². The van der Waals surface area contributed by atoms with E-state index in [4.69, 9.17) is 5.11 Å². The Morgan fingerprint density at radius 3 is 2.68 bits per heavy atom. The SMILES string of the molecule is CC(=O)N[C@H](CC(=O)O)c1ccc2ccccc2n1. The van der Waals surface area contributed by atoms with Gasteiger partial charge in [0.1, 0.15) is 0 Å². The Hall–Kier alpha value is -2.43. The van der Waals surface area contributed by atoms with E-state index in [1.54, 1.807) is 6.07 Å². The number of nitrogens with one attached hydrogen (secondary N) is 1. The first-order chi connectivity index (χ1) is 9.06. The Labute approximate surface area is 110 Å². The Balaban J connectivity index is 2.37. The number of benzene rings is 1. The molecule has 2 rings (SSSR count). The molecule has 1 amide bonds. The van der Waals surface area contributed by atoms with Crippen LogP contribution in [0.25, 0.3) is 10.9 Å². The molecule has 1 atom stereocenters. The minimum absolute atomic E-state index is 0.190. The van der Waals surface area contributed by atoms with Crippen molar-refractivity contribution in [1.29, 1.82) is 0 Å². The van der Waals surface area contributed by atoms with Crippen LogP contribution in [0.1, 0.15) is 25.1 Å². The molecule has 98 valence electrons. The summed E-state index contributed by atoms with van der Waals surface area (Å²) < 4.78 is 0. The molecular formula is C14H14N2O3. The number of carbonyl (C=O) groups excluding carboxylic acids is 1. The molecule has 0 aliphatic heterocycles. The number of carboxylic acids is 1. The fraction of sp³-hybridized carbons (Fsp3) is 0.214. The first-order valence-corrected chi connectivity index (χ1v) is 5.91. The summed E-state index contributed by atoms with van der Waals surface area (Å²) in [5.41, 5.74) is 1.33. The van der Waals surface area contributed by atoms with Crippen LogP contribution in [0.5, 0.6) is 0 Å². The van der Waals surface area contributed by atoms with Gasteiger partial charge in [-0.1, -0.05) is 24.3 Å². The third-order valence-corrected chi connectivity index (χ3v) is 2.73. The lowest BCUT2D eigenvalue weighted by Gasteiger charge is -2.15. The van der Waals surface area contributed by atoms with E-state index in [2.05, 4.69) is 10.3 Å². The van der Waals surface area contributed by atoms with Crippen molar-refractivity contribution in [2.24, 2.45) is 0 Å². The summed E-state index contributed by atoms with van der Waals surface area (Å²) in [6.07, 6.45) is -0.190. The van der Waals surface area contributed by atoms with Crippen LogP contribution < -0.4 is 5.32 Å². The number of hydrogen-bond donors (Lipinski definition) is 2. The van der Waals surface area contributed by atoms with Crippen LogP contribution in [0, 0.1) is 0 Å². The molecule has 0 spiro atoms. The lowest BCUT2D eigenvalue weighted by atomic mass is 10.1. The van der Waals surface area contributed by atoms with Crippen molar-refractivity contribution in [2.75, 3.05) is 0 Å². The van der Waals surface area contributed by atoms with Crippen molar-refractivity contribution in [2.45, 2.75) is 19.4 Å². The highest BCUT2D eigenvalue weighted by Gasteiger charge is 2.18. The molecule has 0 fully saturated rings. The first-order valence-electron chi connectivity index (χ1n) is 5.91. The molecule has 0 unspecified atom stereocenters. The smallest absolute Gasteiger partial charge is 0.305 e. The Morgan fingerprint density at radius 1 is 1.26 bits per heavy atom. The zero-order chi connectivity index (χ0) is 13.8. The van der Waals surface area contributed by atoms with Crippen LogP contribution in [-0.4, -0.2) is 22.0 Å². The molecule has 1 aromatic heterocycles. The van der Waals surface area contributed by atoms with Crippen molar-refractivity contribution in [3.8, 4) is 0 Å². The highest BCUT2D eigenvalue weighted by molar-refractivity contribution is 5.79.